The quantitative estimate of drug-likeness (QED) is 0.675. The summed E-state index contributed by atoms with van der Waals surface area (Å²) in [5, 5.41) is 11.8. The SMILES string of the molecule is CCC(=O)[C@@]1(O)CCC2C3CCC4=CC(=O)CCC4=C3[C@@H](c3ccc(N(C)C)cc3)C[C@@]21C. The molecule has 176 valence electrons. The predicted molar refractivity (Wildman–Crippen MR) is 131 cm³/mol. The Morgan fingerprint density at radius 1 is 1.12 bits per heavy atom. The zero-order chi connectivity index (χ0) is 23.5. The Labute approximate surface area is 197 Å². The van der Waals surface area contributed by atoms with Crippen molar-refractivity contribution in [3.8, 4) is 0 Å². The predicted octanol–water partition coefficient (Wildman–Crippen LogP) is 5.36. The highest BCUT2D eigenvalue weighted by Gasteiger charge is 2.65. The van der Waals surface area contributed by atoms with Crippen LogP contribution in [0, 0.1) is 17.3 Å². The van der Waals surface area contributed by atoms with Gasteiger partial charge in [0, 0.05) is 44.0 Å². The number of nitrogens with zero attached hydrogens (tertiary/aromatic N) is 1. The molecule has 1 aromatic carbocycles. The fourth-order valence-corrected chi connectivity index (χ4v) is 7.72. The van der Waals surface area contributed by atoms with Gasteiger partial charge in [-0.25, -0.2) is 0 Å². The maximum Gasteiger partial charge on any atom is 0.164 e. The first-order valence-corrected chi connectivity index (χ1v) is 12.7. The van der Waals surface area contributed by atoms with Crippen LogP contribution in [0.25, 0.3) is 0 Å². The number of fused-ring (bicyclic) bond motifs is 4. The zero-order valence-electron chi connectivity index (χ0n) is 20.5. The van der Waals surface area contributed by atoms with E-state index in [2.05, 4.69) is 36.1 Å². The molecule has 0 radical (unpaired) electrons. The topological polar surface area (TPSA) is 57.6 Å². The third-order valence-corrected chi connectivity index (χ3v) is 9.48. The molecule has 0 saturated heterocycles. The summed E-state index contributed by atoms with van der Waals surface area (Å²) in [5.74, 6) is 1.13. The molecule has 2 saturated carbocycles. The molecule has 4 nitrogen and oxygen atoms in total. The molecule has 1 aromatic rings. The molecule has 0 heterocycles. The van der Waals surface area contributed by atoms with Crippen LogP contribution in [0.15, 0.2) is 47.1 Å². The summed E-state index contributed by atoms with van der Waals surface area (Å²) in [6.45, 7) is 4.07. The first-order chi connectivity index (χ1) is 15.7. The van der Waals surface area contributed by atoms with E-state index in [1.54, 1.807) is 0 Å². The summed E-state index contributed by atoms with van der Waals surface area (Å²) >= 11 is 0. The third-order valence-electron chi connectivity index (χ3n) is 9.48. The molecular formula is C29H37NO3. The number of Topliss-reactive ketones (excluding diaryl/α,β-unsaturated/α-hetero) is 1. The number of ketones is 2. The lowest BCUT2D eigenvalue weighted by molar-refractivity contribution is -0.154. The smallest absolute Gasteiger partial charge is 0.164 e. The van der Waals surface area contributed by atoms with Crippen LogP contribution in [0.1, 0.15) is 76.7 Å². The number of allylic oxidation sites excluding steroid dienone is 4. The molecule has 4 aliphatic carbocycles. The highest BCUT2D eigenvalue weighted by Crippen LogP contribution is 2.67. The van der Waals surface area contributed by atoms with E-state index in [0.717, 1.165) is 32.1 Å². The van der Waals surface area contributed by atoms with Gasteiger partial charge in [-0.1, -0.05) is 31.6 Å². The van der Waals surface area contributed by atoms with E-state index >= 15 is 0 Å². The van der Waals surface area contributed by atoms with E-state index in [1.165, 1.54) is 28.0 Å². The molecule has 1 N–H and O–H groups in total. The number of aliphatic hydroxyl groups is 1. The van der Waals surface area contributed by atoms with Crippen LogP contribution >= 0.6 is 0 Å². The molecule has 2 unspecified atom stereocenters. The summed E-state index contributed by atoms with van der Waals surface area (Å²) in [5.41, 5.74) is 4.94. The fourth-order valence-electron chi connectivity index (χ4n) is 7.72. The van der Waals surface area contributed by atoms with Crippen molar-refractivity contribution in [2.45, 2.75) is 76.7 Å². The number of hydrogen-bond donors (Lipinski definition) is 1. The van der Waals surface area contributed by atoms with Crippen molar-refractivity contribution < 1.29 is 14.7 Å². The molecule has 0 aromatic heterocycles. The lowest BCUT2D eigenvalue weighted by atomic mass is 9.50. The van der Waals surface area contributed by atoms with Gasteiger partial charge in [-0.05, 0) is 85.3 Å². The van der Waals surface area contributed by atoms with Crippen LogP contribution in [0.5, 0.6) is 0 Å². The minimum atomic E-state index is -1.23. The summed E-state index contributed by atoms with van der Waals surface area (Å²) in [6, 6.07) is 8.81. The molecule has 5 rings (SSSR count). The molecule has 0 spiro atoms. The number of hydrogen-bond acceptors (Lipinski definition) is 4. The Morgan fingerprint density at radius 2 is 1.85 bits per heavy atom. The Kier molecular flexibility index (Phi) is 5.43. The number of anilines is 1. The lowest BCUT2D eigenvalue weighted by Crippen LogP contribution is -2.55. The normalized spacial score (nSPS) is 35.5. The average molecular weight is 448 g/mol. The van der Waals surface area contributed by atoms with E-state index in [0.29, 0.717) is 31.1 Å². The first-order valence-electron chi connectivity index (χ1n) is 12.7. The highest BCUT2D eigenvalue weighted by atomic mass is 16.3. The highest BCUT2D eigenvalue weighted by molar-refractivity contribution is 5.93. The zero-order valence-corrected chi connectivity index (χ0v) is 20.5. The fraction of sp³-hybridized carbons (Fsp3) is 0.586. The second-order valence-corrected chi connectivity index (χ2v) is 11.2. The van der Waals surface area contributed by atoms with Gasteiger partial charge in [0.05, 0.1) is 0 Å². The minimum Gasteiger partial charge on any atom is -0.381 e. The van der Waals surface area contributed by atoms with E-state index in [-0.39, 0.29) is 17.5 Å². The van der Waals surface area contributed by atoms with Gasteiger partial charge in [0.2, 0.25) is 0 Å². The monoisotopic (exact) mass is 447 g/mol. The summed E-state index contributed by atoms with van der Waals surface area (Å²) < 4.78 is 0. The second kappa shape index (κ2) is 7.94. The van der Waals surface area contributed by atoms with E-state index in [4.69, 9.17) is 0 Å². The number of carbonyl (C=O) groups is 2. The van der Waals surface area contributed by atoms with Crippen LogP contribution in [0.3, 0.4) is 0 Å². The maximum atomic E-state index is 13.1. The van der Waals surface area contributed by atoms with Gasteiger partial charge < -0.3 is 10.0 Å². The summed E-state index contributed by atoms with van der Waals surface area (Å²) in [7, 11) is 4.10. The van der Waals surface area contributed by atoms with Gasteiger partial charge in [0.15, 0.2) is 11.6 Å². The standard InChI is InChI=1S/C29H37NO3/c1-5-26(32)29(33)15-14-25-23-12-8-19-16-21(31)11-13-22(19)27(23)24(17-28(25,29)2)18-6-9-20(10-7-18)30(3)4/h6-7,9-10,16,23-25,33H,5,8,11-15,17H2,1-4H3/t23?,24-,25?,28+,29+/m1/s1. The van der Waals surface area contributed by atoms with Crippen molar-refractivity contribution in [2.24, 2.45) is 17.3 Å². The summed E-state index contributed by atoms with van der Waals surface area (Å²) in [6.07, 6.45) is 7.94. The molecule has 4 aliphatic rings. The van der Waals surface area contributed by atoms with Crippen molar-refractivity contribution in [1.29, 1.82) is 0 Å². The molecule has 4 heteroatoms. The molecule has 2 fully saturated rings. The largest absolute Gasteiger partial charge is 0.381 e. The number of carbonyl (C=O) groups excluding carboxylic acids is 2. The van der Waals surface area contributed by atoms with Gasteiger partial charge in [0.25, 0.3) is 0 Å². The third kappa shape index (κ3) is 3.28. The van der Waals surface area contributed by atoms with Crippen molar-refractivity contribution in [1.82, 2.24) is 0 Å². The van der Waals surface area contributed by atoms with Crippen LogP contribution in [-0.2, 0) is 9.59 Å². The molecule has 33 heavy (non-hydrogen) atoms. The van der Waals surface area contributed by atoms with Gasteiger partial charge >= 0.3 is 0 Å². The van der Waals surface area contributed by atoms with Crippen molar-refractivity contribution in [2.75, 3.05) is 19.0 Å². The van der Waals surface area contributed by atoms with E-state index in [1.807, 2.05) is 27.1 Å². The van der Waals surface area contributed by atoms with Crippen molar-refractivity contribution in [3.05, 3.63) is 52.6 Å². The first kappa shape index (κ1) is 22.6. The van der Waals surface area contributed by atoms with Gasteiger partial charge in [-0.3, -0.25) is 9.59 Å². The Hall–Kier alpha value is -2.20. The summed E-state index contributed by atoms with van der Waals surface area (Å²) in [4.78, 5) is 27.4. The maximum absolute atomic E-state index is 13.1. The average Bonchev–Trinajstić information content (AvgIpc) is 3.09. The van der Waals surface area contributed by atoms with E-state index < -0.39 is 11.0 Å². The molecule has 5 atom stereocenters. The van der Waals surface area contributed by atoms with E-state index in [9.17, 15) is 14.7 Å². The molecule has 0 amide bonds. The number of benzene rings is 1. The molecule has 0 bridgehead atoms. The van der Waals surface area contributed by atoms with Gasteiger partial charge in [-0.15, -0.1) is 0 Å². The molecular weight excluding hydrogens is 410 g/mol. The Balaban J connectivity index is 1.66. The number of rotatable bonds is 4. The Morgan fingerprint density at radius 3 is 2.52 bits per heavy atom. The Bertz CT molecular complexity index is 1050. The van der Waals surface area contributed by atoms with Crippen LogP contribution < -0.4 is 4.90 Å². The molecule has 0 aliphatic heterocycles. The second-order valence-electron chi connectivity index (χ2n) is 11.2. The van der Waals surface area contributed by atoms with Crippen molar-refractivity contribution in [3.63, 3.8) is 0 Å². The minimum absolute atomic E-state index is 0.00460. The van der Waals surface area contributed by atoms with Gasteiger partial charge in [-0.2, -0.15) is 0 Å². The lowest BCUT2D eigenvalue weighted by Gasteiger charge is -2.54. The van der Waals surface area contributed by atoms with Crippen LogP contribution in [0.4, 0.5) is 5.69 Å². The van der Waals surface area contributed by atoms with Gasteiger partial charge in [0.1, 0.15) is 5.60 Å². The van der Waals surface area contributed by atoms with Crippen LogP contribution in [0.2, 0.25) is 0 Å². The van der Waals surface area contributed by atoms with Crippen molar-refractivity contribution >= 4 is 17.3 Å². The van der Waals surface area contributed by atoms with Crippen LogP contribution in [-0.4, -0.2) is 36.4 Å².